The number of ether oxygens (including phenoxy) is 1. The molecule has 0 spiro atoms. The van der Waals surface area contributed by atoms with E-state index in [-0.39, 0.29) is 23.9 Å². The van der Waals surface area contributed by atoms with E-state index in [0.717, 1.165) is 18.2 Å². The number of hydrogen-bond donors (Lipinski definition) is 3. The zero-order valence-corrected chi connectivity index (χ0v) is 11.8. The summed E-state index contributed by atoms with van der Waals surface area (Å²) in [6.07, 6.45) is -5.39. The van der Waals surface area contributed by atoms with Gasteiger partial charge in [-0.1, -0.05) is 11.6 Å². The zero-order valence-electron chi connectivity index (χ0n) is 11.0. The molecule has 1 rings (SSSR count). The number of halogens is 4. The van der Waals surface area contributed by atoms with Crippen LogP contribution in [0, 0.1) is 0 Å². The number of nitrogens with one attached hydrogen (secondary N) is 2. The van der Waals surface area contributed by atoms with Gasteiger partial charge in [0.25, 0.3) is 0 Å². The minimum Gasteiger partial charge on any atom is -0.389 e. The summed E-state index contributed by atoms with van der Waals surface area (Å²) in [5.74, 6) is 0. The first-order chi connectivity index (χ1) is 9.74. The Labute approximate surface area is 124 Å². The first kappa shape index (κ1) is 17.5. The number of aliphatic hydroxyl groups is 1. The number of carbonyl (C=O) groups excluding carboxylic acids is 1. The van der Waals surface area contributed by atoms with Crippen LogP contribution in [-0.2, 0) is 10.9 Å². The van der Waals surface area contributed by atoms with Gasteiger partial charge in [-0.05, 0) is 18.2 Å². The highest BCUT2D eigenvalue weighted by Crippen LogP contribution is 2.33. The molecule has 1 aromatic rings. The van der Waals surface area contributed by atoms with Crippen molar-refractivity contribution in [3.8, 4) is 0 Å². The van der Waals surface area contributed by atoms with Crippen LogP contribution in [0.5, 0.6) is 0 Å². The summed E-state index contributed by atoms with van der Waals surface area (Å²) in [5, 5.41) is 13.7. The molecule has 9 heteroatoms. The number of anilines is 1. The maximum absolute atomic E-state index is 12.4. The molecule has 0 saturated heterocycles. The van der Waals surface area contributed by atoms with E-state index in [0.29, 0.717) is 0 Å². The molecule has 0 saturated carbocycles. The van der Waals surface area contributed by atoms with Gasteiger partial charge in [-0.25, -0.2) is 4.79 Å². The Kier molecular flexibility index (Phi) is 6.25. The minimum absolute atomic E-state index is 0.0309. The molecule has 3 N–H and O–H groups in total. The Morgan fingerprint density at radius 3 is 2.67 bits per heavy atom. The molecule has 1 atom stereocenters. The fourth-order valence-corrected chi connectivity index (χ4v) is 1.65. The second-order valence-corrected chi connectivity index (χ2v) is 4.54. The second kappa shape index (κ2) is 7.48. The van der Waals surface area contributed by atoms with Crippen molar-refractivity contribution >= 4 is 23.3 Å². The van der Waals surface area contributed by atoms with Gasteiger partial charge >= 0.3 is 12.2 Å². The number of hydrogen-bond acceptors (Lipinski definition) is 3. The lowest BCUT2D eigenvalue weighted by atomic mass is 10.2. The number of aliphatic hydroxyl groups excluding tert-OH is 1. The van der Waals surface area contributed by atoms with Crippen LogP contribution in [-0.4, -0.2) is 37.5 Å². The molecule has 1 unspecified atom stereocenters. The lowest BCUT2D eigenvalue weighted by Crippen LogP contribution is -2.37. The topological polar surface area (TPSA) is 70.6 Å². The molecule has 0 radical (unpaired) electrons. The van der Waals surface area contributed by atoms with E-state index in [1.807, 2.05) is 0 Å². The van der Waals surface area contributed by atoms with Crippen LogP contribution in [0.15, 0.2) is 18.2 Å². The van der Waals surface area contributed by atoms with E-state index < -0.39 is 23.9 Å². The smallest absolute Gasteiger partial charge is 0.389 e. The molecule has 118 valence electrons. The number of benzene rings is 1. The van der Waals surface area contributed by atoms with Crippen LogP contribution < -0.4 is 10.6 Å². The zero-order chi connectivity index (χ0) is 16.0. The standard InChI is InChI=1S/C12H14ClF3N2O3/c1-21-6-8(19)5-17-11(20)18-10-3-2-7(4-9(10)13)12(14,15)16/h2-4,8,19H,5-6H2,1H3,(H2,17,18,20). The summed E-state index contributed by atoms with van der Waals surface area (Å²) in [5.41, 5.74) is -0.877. The van der Waals surface area contributed by atoms with Crippen LogP contribution in [0.2, 0.25) is 5.02 Å². The molecule has 0 bridgehead atoms. The van der Waals surface area contributed by atoms with Crippen molar-refractivity contribution in [1.82, 2.24) is 5.32 Å². The number of carbonyl (C=O) groups is 1. The van der Waals surface area contributed by atoms with Crippen LogP contribution in [0.3, 0.4) is 0 Å². The van der Waals surface area contributed by atoms with Gasteiger partial charge in [0.2, 0.25) is 0 Å². The third kappa shape index (κ3) is 5.78. The van der Waals surface area contributed by atoms with Gasteiger partial charge in [-0.2, -0.15) is 13.2 Å². The predicted molar refractivity (Wildman–Crippen MR) is 71.4 cm³/mol. The van der Waals surface area contributed by atoms with E-state index in [9.17, 15) is 23.1 Å². The first-order valence-electron chi connectivity index (χ1n) is 5.82. The van der Waals surface area contributed by atoms with Crippen molar-refractivity contribution in [2.24, 2.45) is 0 Å². The molecular weight excluding hydrogens is 313 g/mol. The van der Waals surface area contributed by atoms with Crippen LogP contribution in [0.4, 0.5) is 23.7 Å². The van der Waals surface area contributed by atoms with Crippen molar-refractivity contribution in [2.75, 3.05) is 25.6 Å². The van der Waals surface area contributed by atoms with Gasteiger partial charge in [0.05, 0.1) is 29.0 Å². The molecule has 0 aliphatic heterocycles. The third-order valence-electron chi connectivity index (χ3n) is 2.40. The molecule has 0 aromatic heterocycles. The van der Waals surface area contributed by atoms with Crippen molar-refractivity contribution < 1.29 is 27.8 Å². The Bertz CT molecular complexity index is 497. The molecular formula is C12H14ClF3N2O3. The predicted octanol–water partition coefficient (Wildman–Crippen LogP) is 2.49. The summed E-state index contributed by atoms with van der Waals surface area (Å²) in [6.45, 7) is -0.0285. The number of urea groups is 1. The van der Waals surface area contributed by atoms with Crippen LogP contribution in [0.25, 0.3) is 0 Å². The van der Waals surface area contributed by atoms with Gasteiger partial charge in [0.1, 0.15) is 0 Å². The highest BCUT2D eigenvalue weighted by molar-refractivity contribution is 6.33. The van der Waals surface area contributed by atoms with Gasteiger partial charge in [-0.3, -0.25) is 0 Å². The van der Waals surface area contributed by atoms with Crippen molar-refractivity contribution in [3.05, 3.63) is 28.8 Å². The molecule has 2 amide bonds. The van der Waals surface area contributed by atoms with E-state index in [1.54, 1.807) is 0 Å². The van der Waals surface area contributed by atoms with Crippen molar-refractivity contribution in [1.29, 1.82) is 0 Å². The average molecular weight is 327 g/mol. The van der Waals surface area contributed by atoms with E-state index in [1.165, 1.54) is 7.11 Å². The summed E-state index contributed by atoms with van der Waals surface area (Å²) < 4.78 is 42.0. The number of methoxy groups -OCH3 is 1. The summed E-state index contributed by atoms with van der Waals surface area (Å²) in [4.78, 5) is 11.5. The maximum atomic E-state index is 12.4. The first-order valence-corrected chi connectivity index (χ1v) is 6.20. The summed E-state index contributed by atoms with van der Waals surface area (Å²) in [7, 11) is 1.39. The molecule has 5 nitrogen and oxygen atoms in total. The highest BCUT2D eigenvalue weighted by Gasteiger charge is 2.30. The molecule has 0 aliphatic rings. The lowest BCUT2D eigenvalue weighted by Gasteiger charge is -2.13. The Morgan fingerprint density at radius 2 is 2.14 bits per heavy atom. The monoisotopic (exact) mass is 326 g/mol. The fourth-order valence-electron chi connectivity index (χ4n) is 1.42. The number of rotatable bonds is 5. The van der Waals surface area contributed by atoms with Gasteiger partial charge in [-0.15, -0.1) is 0 Å². The SMILES string of the molecule is COCC(O)CNC(=O)Nc1ccc(C(F)(F)F)cc1Cl. The quantitative estimate of drug-likeness (QED) is 0.778. The number of amides is 2. The fraction of sp³-hybridized carbons (Fsp3) is 0.417. The lowest BCUT2D eigenvalue weighted by molar-refractivity contribution is -0.137. The van der Waals surface area contributed by atoms with E-state index in [2.05, 4.69) is 15.4 Å². The molecule has 0 heterocycles. The van der Waals surface area contributed by atoms with E-state index >= 15 is 0 Å². The highest BCUT2D eigenvalue weighted by atomic mass is 35.5. The van der Waals surface area contributed by atoms with Crippen LogP contribution in [0.1, 0.15) is 5.56 Å². The van der Waals surface area contributed by atoms with Gasteiger partial charge in [0, 0.05) is 13.7 Å². The largest absolute Gasteiger partial charge is 0.416 e. The molecule has 21 heavy (non-hydrogen) atoms. The average Bonchev–Trinajstić information content (AvgIpc) is 2.38. The molecule has 1 aromatic carbocycles. The maximum Gasteiger partial charge on any atom is 0.416 e. The minimum atomic E-state index is -4.51. The van der Waals surface area contributed by atoms with Gasteiger partial charge in [0.15, 0.2) is 0 Å². The van der Waals surface area contributed by atoms with Gasteiger partial charge < -0.3 is 20.5 Å². The Morgan fingerprint density at radius 1 is 1.48 bits per heavy atom. The normalized spacial score (nSPS) is 12.9. The van der Waals surface area contributed by atoms with Crippen molar-refractivity contribution in [2.45, 2.75) is 12.3 Å². The number of alkyl halides is 3. The third-order valence-corrected chi connectivity index (χ3v) is 2.71. The summed E-state index contributed by atoms with van der Waals surface area (Å²) >= 11 is 5.68. The Balaban J connectivity index is 2.61. The van der Waals surface area contributed by atoms with Crippen molar-refractivity contribution in [3.63, 3.8) is 0 Å². The van der Waals surface area contributed by atoms with Crippen LogP contribution >= 0.6 is 11.6 Å². The second-order valence-electron chi connectivity index (χ2n) is 4.14. The van der Waals surface area contributed by atoms with E-state index in [4.69, 9.17) is 11.6 Å². The molecule has 0 aliphatic carbocycles. The molecule has 0 fully saturated rings. The summed E-state index contributed by atoms with van der Waals surface area (Å²) in [6, 6.07) is 1.88. The Hall–Kier alpha value is -1.51.